The predicted octanol–water partition coefficient (Wildman–Crippen LogP) is 0.761. The molecule has 0 radical (unpaired) electrons. The molecule has 0 spiro atoms. The summed E-state index contributed by atoms with van der Waals surface area (Å²) in [6.07, 6.45) is 1.34. The van der Waals surface area contributed by atoms with Gasteiger partial charge in [0.05, 0.1) is 0 Å². The highest BCUT2D eigenvalue weighted by molar-refractivity contribution is 5.94. The molecule has 1 atom stereocenters. The molecule has 2 rings (SSSR count). The van der Waals surface area contributed by atoms with Crippen LogP contribution in [-0.4, -0.2) is 38.5 Å². The van der Waals surface area contributed by atoms with E-state index in [-0.39, 0.29) is 17.9 Å². The molecule has 1 fully saturated rings. The third-order valence-corrected chi connectivity index (χ3v) is 3.24. The molecule has 2 N–H and O–H groups in total. The number of amides is 2. The topological polar surface area (TPSA) is 61.4 Å². The van der Waals surface area contributed by atoms with Crippen LogP contribution in [0.3, 0.4) is 0 Å². The Balaban J connectivity index is 1.87. The van der Waals surface area contributed by atoms with Gasteiger partial charge in [0.1, 0.15) is 0 Å². The second-order valence-electron chi connectivity index (χ2n) is 4.95. The molecule has 1 aliphatic heterocycles. The normalized spacial score (nSPS) is 18.0. The van der Waals surface area contributed by atoms with Crippen LogP contribution >= 0.6 is 0 Å². The van der Waals surface area contributed by atoms with E-state index < -0.39 is 0 Å². The first kappa shape index (κ1) is 13.4. The third-order valence-electron chi connectivity index (χ3n) is 3.24. The molecule has 1 aromatic carbocycles. The number of nitrogens with one attached hydrogen (secondary N) is 2. The standard InChI is InChI=1S/C14H19N3O2/c1-17(2)12-6-3-10(4-7-12)14(19)15-9-11-5-8-13(18)16-11/h3-4,6-7,11H,5,8-9H2,1-2H3,(H,15,19)(H,16,18). The second kappa shape index (κ2) is 5.73. The number of rotatable bonds is 4. The van der Waals surface area contributed by atoms with Crippen LogP contribution in [0.25, 0.3) is 0 Å². The number of nitrogens with zero attached hydrogens (tertiary/aromatic N) is 1. The molecule has 1 aromatic rings. The molecule has 0 saturated carbocycles. The first-order valence-corrected chi connectivity index (χ1v) is 6.41. The lowest BCUT2D eigenvalue weighted by molar-refractivity contribution is -0.119. The minimum atomic E-state index is -0.105. The Labute approximate surface area is 113 Å². The summed E-state index contributed by atoms with van der Waals surface area (Å²) in [5, 5.41) is 5.67. The van der Waals surface area contributed by atoms with Crippen LogP contribution in [0.4, 0.5) is 5.69 Å². The maximum atomic E-state index is 11.9. The van der Waals surface area contributed by atoms with Crippen LogP contribution in [0.5, 0.6) is 0 Å². The first-order chi connectivity index (χ1) is 9.06. The zero-order chi connectivity index (χ0) is 13.8. The molecule has 1 saturated heterocycles. The summed E-state index contributed by atoms with van der Waals surface area (Å²) in [7, 11) is 3.91. The van der Waals surface area contributed by atoms with Gasteiger partial charge in [-0.05, 0) is 30.7 Å². The van der Waals surface area contributed by atoms with Gasteiger partial charge in [-0.3, -0.25) is 9.59 Å². The predicted molar refractivity (Wildman–Crippen MR) is 74.3 cm³/mol. The highest BCUT2D eigenvalue weighted by Crippen LogP contribution is 2.12. The van der Waals surface area contributed by atoms with Gasteiger partial charge < -0.3 is 15.5 Å². The quantitative estimate of drug-likeness (QED) is 0.841. The fraction of sp³-hybridized carbons (Fsp3) is 0.429. The van der Waals surface area contributed by atoms with Crippen LogP contribution in [0.15, 0.2) is 24.3 Å². The summed E-state index contributed by atoms with van der Waals surface area (Å²) in [4.78, 5) is 24.9. The highest BCUT2D eigenvalue weighted by atomic mass is 16.2. The Kier molecular flexibility index (Phi) is 4.04. The fourth-order valence-electron chi connectivity index (χ4n) is 2.06. The lowest BCUT2D eigenvalue weighted by Gasteiger charge is -2.14. The van der Waals surface area contributed by atoms with Gasteiger partial charge in [0.25, 0.3) is 5.91 Å². The van der Waals surface area contributed by atoms with Crippen molar-refractivity contribution in [3.63, 3.8) is 0 Å². The number of hydrogen-bond donors (Lipinski definition) is 2. The molecule has 2 amide bonds. The van der Waals surface area contributed by atoms with Gasteiger partial charge in [0.2, 0.25) is 5.91 Å². The lowest BCUT2D eigenvalue weighted by atomic mass is 10.1. The van der Waals surface area contributed by atoms with Gasteiger partial charge in [0.15, 0.2) is 0 Å². The largest absolute Gasteiger partial charge is 0.378 e. The van der Waals surface area contributed by atoms with Crippen molar-refractivity contribution in [1.29, 1.82) is 0 Å². The van der Waals surface area contributed by atoms with Crippen molar-refractivity contribution in [3.05, 3.63) is 29.8 Å². The van der Waals surface area contributed by atoms with Crippen molar-refractivity contribution in [3.8, 4) is 0 Å². The molecule has 0 aliphatic carbocycles. The number of carbonyl (C=O) groups excluding carboxylic acids is 2. The Morgan fingerprint density at radius 2 is 2.05 bits per heavy atom. The van der Waals surface area contributed by atoms with E-state index >= 15 is 0 Å². The van der Waals surface area contributed by atoms with Crippen LogP contribution in [0.1, 0.15) is 23.2 Å². The summed E-state index contributed by atoms with van der Waals surface area (Å²) >= 11 is 0. The summed E-state index contributed by atoms with van der Waals surface area (Å²) in [6, 6.07) is 7.49. The zero-order valence-electron chi connectivity index (χ0n) is 11.3. The van der Waals surface area contributed by atoms with Crippen LogP contribution in [-0.2, 0) is 4.79 Å². The molecule has 1 aliphatic rings. The van der Waals surface area contributed by atoms with Gasteiger partial charge >= 0.3 is 0 Å². The van der Waals surface area contributed by atoms with Gasteiger partial charge in [-0.15, -0.1) is 0 Å². The number of anilines is 1. The smallest absolute Gasteiger partial charge is 0.251 e. The lowest BCUT2D eigenvalue weighted by Crippen LogP contribution is -2.38. The van der Waals surface area contributed by atoms with E-state index in [1.165, 1.54) is 0 Å². The van der Waals surface area contributed by atoms with E-state index in [0.29, 0.717) is 18.5 Å². The summed E-state index contributed by atoms with van der Waals surface area (Å²) in [6.45, 7) is 0.486. The fourth-order valence-corrected chi connectivity index (χ4v) is 2.06. The summed E-state index contributed by atoms with van der Waals surface area (Å²) in [5.41, 5.74) is 1.69. The SMILES string of the molecule is CN(C)c1ccc(C(=O)NCC2CCC(=O)N2)cc1. The molecule has 1 unspecified atom stereocenters. The number of hydrogen-bond acceptors (Lipinski definition) is 3. The minimum absolute atomic E-state index is 0.0644. The van der Waals surface area contributed by atoms with E-state index in [0.717, 1.165) is 12.1 Å². The Hall–Kier alpha value is -2.04. The third kappa shape index (κ3) is 3.47. The van der Waals surface area contributed by atoms with E-state index in [4.69, 9.17) is 0 Å². The summed E-state index contributed by atoms with van der Waals surface area (Å²) in [5.74, 6) is -0.0407. The minimum Gasteiger partial charge on any atom is -0.378 e. The maximum Gasteiger partial charge on any atom is 0.251 e. The van der Waals surface area contributed by atoms with Gasteiger partial charge in [-0.25, -0.2) is 0 Å². The van der Waals surface area contributed by atoms with Crippen LogP contribution < -0.4 is 15.5 Å². The van der Waals surface area contributed by atoms with Gasteiger partial charge in [0, 0.05) is 44.4 Å². The first-order valence-electron chi connectivity index (χ1n) is 6.41. The molecular formula is C14H19N3O2. The van der Waals surface area contributed by atoms with E-state index in [1.807, 2.05) is 31.1 Å². The van der Waals surface area contributed by atoms with Crippen molar-refractivity contribution >= 4 is 17.5 Å². The average Bonchev–Trinajstić information content (AvgIpc) is 2.82. The van der Waals surface area contributed by atoms with Crippen molar-refractivity contribution in [2.45, 2.75) is 18.9 Å². The van der Waals surface area contributed by atoms with E-state index in [9.17, 15) is 9.59 Å². The molecule has 5 nitrogen and oxygen atoms in total. The van der Waals surface area contributed by atoms with Crippen molar-refractivity contribution in [2.75, 3.05) is 25.5 Å². The average molecular weight is 261 g/mol. The summed E-state index contributed by atoms with van der Waals surface area (Å²) < 4.78 is 0. The Bertz CT molecular complexity index is 468. The van der Waals surface area contributed by atoms with Crippen LogP contribution in [0, 0.1) is 0 Å². The van der Waals surface area contributed by atoms with Crippen molar-refractivity contribution in [1.82, 2.24) is 10.6 Å². The molecular weight excluding hydrogens is 242 g/mol. The van der Waals surface area contributed by atoms with Crippen molar-refractivity contribution < 1.29 is 9.59 Å². The second-order valence-corrected chi connectivity index (χ2v) is 4.95. The molecule has 1 heterocycles. The number of benzene rings is 1. The Morgan fingerprint density at radius 3 is 2.58 bits per heavy atom. The zero-order valence-corrected chi connectivity index (χ0v) is 11.3. The van der Waals surface area contributed by atoms with Crippen LogP contribution in [0.2, 0.25) is 0 Å². The van der Waals surface area contributed by atoms with Gasteiger partial charge in [-0.2, -0.15) is 0 Å². The molecule has 0 aromatic heterocycles. The molecule has 102 valence electrons. The van der Waals surface area contributed by atoms with E-state index in [2.05, 4.69) is 10.6 Å². The molecule has 0 bridgehead atoms. The monoisotopic (exact) mass is 261 g/mol. The number of carbonyl (C=O) groups is 2. The van der Waals surface area contributed by atoms with Crippen molar-refractivity contribution in [2.24, 2.45) is 0 Å². The molecule has 19 heavy (non-hydrogen) atoms. The Morgan fingerprint density at radius 1 is 1.37 bits per heavy atom. The maximum absolute atomic E-state index is 11.9. The highest BCUT2D eigenvalue weighted by Gasteiger charge is 2.21. The molecule has 5 heteroatoms. The van der Waals surface area contributed by atoms with E-state index in [1.54, 1.807) is 12.1 Å². The van der Waals surface area contributed by atoms with Gasteiger partial charge in [-0.1, -0.05) is 0 Å².